The van der Waals surface area contributed by atoms with Crippen molar-refractivity contribution in [2.45, 2.75) is 0 Å². The molecule has 0 saturated carbocycles. The highest BCUT2D eigenvalue weighted by Crippen LogP contribution is 2.17. The predicted octanol–water partition coefficient (Wildman–Crippen LogP) is 1.59. The lowest BCUT2D eigenvalue weighted by molar-refractivity contribution is 0.101. The summed E-state index contributed by atoms with van der Waals surface area (Å²) in [6.07, 6.45) is 6.20. The molecule has 0 spiro atoms. The minimum absolute atomic E-state index is 0.258. The molecule has 0 aliphatic carbocycles. The van der Waals surface area contributed by atoms with Crippen molar-refractivity contribution >= 4 is 28.0 Å². The Bertz CT molecular complexity index is 1070. The van der Waals surface area contributed by atoms with Crippen molar-refractivity contribution in [1.29, 1.82) is 0 Å². The maximum Gasteiger partial charge on any atom is 0.276 e. The summed E-state index contributed by atoms with van der Waals surface area (Å²) in [5, 5.41) is 4.95. The number of carbonyl (C=O) groups excluding carboxylic acids is 1. The van der Waals surface area contributed by atoms with Crippen molar-refractivity contribution in [2.24, 2.45) is 0 Å². The van der Waals surface area contributed by atoms with Crippen LogP contribution >= 0.6 is 11.3 Å². The zero-order chi connectivity index (χ0) is 16.5. The molecule has 4 aromatic heterocycles. The Kier molecular flexibility index (Phi) is 3.39. The van der Waals surface area contributed by atoms with Crippen molar-refractivity contribution in [3.8, 4) is 5.69 Å². The molecule has 8 nitrogen and oxygen atoms in total. The van der Waals surface area contributed by atoms with Crippen LogP contribution in [0.15, 0.2) is 59.2 Å². The molecule has 1 N–H and O–H groups in total. The average Bonchev–Trinajstić information content (AvgIpc) is 3.23. The van der Waals surface area contributed by atoms with Crippen LogP contribution in [-0.4, -0.2) is 30.1 Å². The van der Waals surface area contributed by atoms with Gasteiger partial charge >= 0.3 is 0 Å². The topological polar surface area (TPSA) is 94.2 Å². The van der Waals surface area contributed by atoms with Crippen LogP contribution in [0.3, 0.4) is 0 Å². The number of carbonyl (C=O) groups is 1. The van der Waals surface area contributed by atoms with Gasteiger partial charge in [0, 0.05) is 36.1 Å². The van der Waals surface area contributed by atoms with Gasteiger partial charge in [-0.3, -0.25) is 19.9 Å². The van der Waals surface area contributed by atoms with Gasteiger partial charge in [0.1, 0.15) is 5.69 Å². The summed E-state index contributed by atoms with van der Waals surface area (Å²) in [5.74, 6) is -0.390. The van der Waals surface area contributed by atoms with Crippen molar-refractivity contribution in [1.82, 2.24) is 24.1 Å². The van der Waals surface area contributed by atoms with Gasteiger partial charge in [-0.1, -0.05) is 0 Å². The van der Waals surface area contributed by atoms with E-state index in [-0.39, 0.29) is 11.3 Å². The number of nitrogens with one attached hydrogen (secondary N) is 1. The molecular formula is C15H10N6O2S. The van der Waals surface area contributed by atoms with E-state index < -0.39 is 5.91 Å². The lowest BCUT2D eigenvalue weighted by Gasteiger charge is -2.09. The molecule has 4 aromatic rings. The zero-order valence-electron chi connectivity index (χ0n) is 12.2. The Balaban J connectivity index is 1.93. The zero-order valence-corrected chi connectivity index (χ0v) is 13.0. The molecule has 0 fully saturated rings. The van der Waals surface area contributed by atoms with Gasteiger partial charge in [0.2, 0.25) is 0 Å². The summed E-state index contributed by atoms with van der Waals surface area (Å²) in [7, 11) is 0. The minimum atomic E-state index is -0.390. The Labute approximate surface area is 139 Å². The first-order chi connectivity index (χ1) is 11.7. The smallest absolute Gasteiger partial charge is 0.276 e. The van der Waals surface area contributed by atoms with Crippen LogP contribution in [0, 0.1) is 0 Å². The summed E-state index contributed by atoms with van der Waals surface area (Å²) in [4.78, 5) is 37.2. The quantitative estimate of drug-likeness (QED) is 0.612. The summed E-state index contributed by atoms with van der Waals surface area (Å²) in [5.41, 5.74) is 0.911. The summed E-state index contributed by atoms with van der Waals surface area (Å²) >= 11 is 1.31. The van der Waals surface area contributed by atoms with Gasteiger partial charge in [0.25, 0.3) is 11.5 Å². The van der Waals surface area contributed by atoms with Crippen molar-refractivity contribution < 1.29 is 4.79 Å². The Morgan fingerprint density at radius 3 is 2.83 bits per heavy atom. The number of fused-ring (bicyclic) bond motifs is 1. The van der Waals surface area contributed by atoms with E-state index in [0.29, 0.717) is 16.5 Å². The lowest BCUT2D eigenvalue weighted by atomic mass is 10.3. The SMILES string of the molecule is O=C(Nc1nccs1)c1cc2nccc(=O)n2n1-c1cccnc1. The maximum atomic E-state index is 12.7. The fourth-order valence-electron chi connectivity index (χ4n) is 2.35. The highest BCUT2D eigenvalue weighted by molar-refractivity contribution is 7.13. The predicted molar refractivity (Wildman–Crippen MR) is 88.7 cm³/mol. The Hall–Kier alpha value is -3.33. The fourth-order valence-corrected chi connectivity index (χ4v) is 2.87. The van der Waals surface area contributed by atoms with Crippen molar-refractivity contribution in [2.75, 3.05) is 5.32 Å². The first-order valence-electron chi connectivity index (χ1n) is 6.95. The molecule has 0 atom stereocenters. The van der Waals surface area contributed by atoms with Gasteiger partial charge in [-0.2, -0.15) is 4.52 Å². The van der Waals surface area contributed by atoms with Crippen LogP contribution < -0.4 is 10.9 Å². The highest BCUT2D eigenvalue weighted by Gasteiger charge is 2.19. The molecule has 0 radical (unpaired) electrons. The number of hydrogen-bond acceptors (Lipinski definition) is 6. The first kappa shape index (κ1) is 14.3. The Morgan fingerprint density at radius 1 is 1.17 bits per heavy atom. The average molecular weight is 338 g/mol. The third-order valence-corrected chi connectivity index (χ3v) is 4.01. The van der Waals surface area contributed by atoms with Gasteiger partial charge in [0.15, 0.2) is 10.8 Å². The number of anilines is 1. The monoisotopic (exact) mass is 338 g/mol. The van der Waals surface area contributed by atoms with Crippen molar-refractivity contribution in [3.63, 3.8) is 0 Å². The molecule has 1 amide bonds. The maximum absolute atomic E-state index is 12.7. The summed E-state index contributed by atoms with van der Waals surface area (Å²) in [6.45, 7) is 0. The molecular weight excluding hydrogens is 328 g/mol. The van der Waals surface area contributed by atoms with Gasteiger partial charge in [-0.15, -0.1) is 11.3 Å². The second-order valence-electron chi connectivity index (χ2n) is 4.80. The molecule has 4 rings (SSSR count). The second kappa shape index (κ2) is 5.70. The molecule has 0 aliphatic heterocycles. The van der Waals surface area contributed by atoms with E-state index in [1.807, 2.05) is 0 Å². The van der Waals surface area contributed by atoms with Crippen molar-refractivity contribution in [3.05, 3.63) is 70.5 Å². The molecule has 0 aromatic carbocycles. The normalized spacial score (nSPS) is 10.8. The fraction of sp³-hybridized carbons (Fsp3) is 0. The van der Waals surface area contributed by atoms with E-state index in [0.717, 1.165) is 0 Å². The van der Waals surface area contributed by atoms with Crippen LogP contribution in [0.5, 0.6) is 0 Å². The minimum Gasteiger partial charge on any atom is -0.296 e. The van der Waals surface area contributed by atoms with Crippen LogP contribution in [0.1, 0.15) is 10.5 Å². The van der Waals surface area contributed by atoms with E-state index in [9.17, 15) is 9.59 Å². The summed E-state index contributed by atoms with van der Waals surface area (Å²) < 4.78 is 2.81. The summed E-state index contributed by atoms with van der Waals surface area (Å²) in [6, 6.07) is 6.37. The number of pyridine rings is 1. The third kappa shape index (κ3) is 2.36. The van der Waals surface area contributed by atoms with E-state index in [1.165, 1.54) is 32.8 Å². The molecule has 118 valence electrons. The molecule has 24 heavy (non-hydrogen) atoms. The highest BCUT2D eigenvalue weighted by atomic mass is 32.1. The van der Waals surface area contributed by atoms with Crippen LogP contribution in [-0.2, 0) is 0 Å². The lowest BCUT2D eigenvalue weighted by Crippen LogP contribution is -2.23. The van der Waals surface area contributed by atoms with Crippen LogP contribution in [0.4, 0.5) is 5.13 Å². The number of aromatic nitrogens is 5. The number of hydrogen-bond donors (Lipinski definition) is 1. The van der Waals surface area contributed by atoms with E-state index in [1.54, 1.807) is 42.2 Å². The Morgan fingerprint density at radius 2 is 2.08 bits per heavy atom. The number of rotatable bonds is 3. The molecule has 4 heterocycles. The molecule has 0 saturated heterocycles. The standard InChI is InChI=1S/C15H10N6O2S/c22-13-3-5-17-12-8-11(14(23)19-15-18-6-7-24-15)20(21(12)13)10-2-1-4-16-9-10/h1-9H,(H,18,19,23). The molecule has 9 heteroatoms. The van der Waals surface area contributed by atoms with Gasteiger partial charge < -0.3 is 0 Å². The number of thiazole rings is 1. The molecule has 0 aliphatic rings. The van der Waals surface area contributed by atoms with E-state index in [4.69, 9.17) is 0 Å². The van der Waals surface area contributed by atoms with Crippen LogP contribution in [0.2, 0.25) is 0 Å². The van der Waals surface area contributed by atoms with Gasteiger partial charge in [-0.05, 0) is 12.1 Å². The number of nitrogens with zero attached hydrogens (tertiary/aromatic N) is 5. The number of amides is 1. The van der Waals surface area contributed by atoms with Crippen LogP contribution in [0.25, 0.3) is 11.3 Å². The van der Waals surface area contributed by atoms with E-state index >= 15 is 0 Å². The molecule has 0 bridgehead atoms. The first-order valence-corrected chi connectivity index (χ1v) is 7.83. The third-order valence-electron chi connectivity index (χ3n) is 3.32. The van der Waals surface area contributed by atoms with Gasteiger partial charge in [0.05, 0.1) is 11.9 Å². The second-order valence-corrected chi connectivity index (χ2v) is 5.69. The largest absolute Gasteiger partial charge is 0.296 e. The molecule has 0 unspecified atom stereocenters. The van der Waals surface area contributed by atoms with Gasteiger partial charge in [-0.25, -0.2) is 14.6 Å². The van der Waals surface area contributed by atoms with E-state index in [2.05, 4.69) is 20.3 Å².